The summed E-state index contributed by atoms with van der Waals surface area (Å²) >= 11 is 0. The van der Waals surface area contributed by atoms with Crippen molar-refractivity contribution in [2.75, 3.05) is 6.67 Å². The van der Waals surface area contributed by atoms with Gasteiger partial charge in [0.05, 0.1) is 6.67 Å². The molecule has 0 bridgehead atoms. The van der Waals surface area contributed by atoms with E-state index in [0.29, 0.717) is 6.67 Å². The van der Waals surface area contributed by atoms with E-state index in [-0.39, 0.29) is 25.5 Å². The van der Waals surface area contributed by atoms with Gasteiger partial charge in [0.1, 0.15) is 0 Å². The van der Waals surface area contributed by atoms with Crippen LogP contribution in [0.2, 0.25) is 0 Å². The zero-order valence-corrected chi connectivity index (χ0v) is 6.79. The van der Waals surface area contributed by atoms with Crippen LogP contribution in [0.4, 0.5) is 4.79 Å². The standard InChI is InChI=1S/C2H5N3O.Zn/c6-2-3-1-4-5-2;/h4H,1H2,(H2,3,5,6);. The van der Waals surface area contributed by atoms with E-state index < -0.39 is 0 Å². The molecule has 7 heavy (non-hydrogen) atoms. The molecule has 1 saturated heterocycles. The van der Waals surface area contributed by atoms with E-state index in [1.165, 1.54) is 0 Å². The number of carbonyl (C=O) groups is 1. The fourth-order valence-corrected chi connectivity index (χ4v) is 0.293. The average molecular weight is 152 g/mol. The quantitative estimate of drug-likeness (QED) is 0.380. The maximum Gasteiger partial charge on any atom is 0.330 e. The first-order valence-electron chi connectivity index (χ1n) is 1.66. The Bertz CT molecular complexity index is 67.3. The summed E-state index contributed by atoms with van der Waals surface area (Å²) in [4.78, 5) is 9.96. The van der Waals surface area contributed by atoms with Gasteiger partial charge in [-0.3, -0.25) is 5.43 Å². The molecule has 1 heterocycles. The molecule has 3 N–H and O–H groups in total. The van der Waals surface area contributed by atoms with Crippen LogP contribution in [-0.2, 0) is 19.5 Å². The molecule has 5 heteroatoms. The average Bonchev–Trinajstić information content (AvgIpc) is 1.86. The zero-order chi connectivity index (χ0) is 4.41. The van der Waals surface area contributed by atoms with Crippen LogP contribution in [0.5, 0.6) is 0 Å². The fourth-order valence-electron chi connectivity index (χ4n) is 0.293. The number of hydrogen-bond donors (Lipinski definition) is 3. The Kier molecular flexibility index (Phi) is 2.87. The van der Waals surface area contributed by atoms with Crippen molar-refractivity contribution in [2.24, 2.45) is 0 Å². The Morgan fingerprint density at radius 2 is 2.29 bits per heavy atom. The molecule has 0 saturated carbocycles. The molecule has 0 radical (unpaired) electrons. The van der Waals surface area contributed by atoms with Gasteiger partial charge in [-0.2, -0.15) is 0 Å². The van der Waals surface area contributed by atoms with Crippen LogP contribution in [0.1, 0.15) is 0 Å². The van der Waals surface area contributed by atoms with Crippen molar-refractivity contribution in [2.45, 2.75) is 0 Å². The van der Waals surface area contributed by atoms with Crippen molar-refractivity contribution in [3.63, 3.8) is 0 Å². The molecule has 0 atom stereocenters. The maximum absolute atomic E-state index is 9.96. The van der Waals surface area contributed by atoms with E-state index in [4.69, 9.17) is 0 Å². The van der Waals surface area contributed by atoms with Gasteiger partial charge in [-0.1, -0.05) is 0 Å². The largest absolute Gasteiger partial charge is 0.330 e. The van der Waals surface area contributed by atoms with Crippen LogP contribution < -0.4 is 16.2 Å². The number of amides is 2. The van der Waals surface area contributed by atoms with Crippen molar-refractivity contribution >= 4 is 6.03 Å². The number of rotatable bonds is 0. The Morgan fingerprint density at radius 1 is 1.57 bits per heavy atom. The second-order valence-electron chi connectivity index (χ2n) is 0.984. The second kappa shape index (κ2) is 2.94. The summed E-state index contributed by atoms with van der Waals surface area (Å²) in [5.74, 6) is 0. The molecule has 36 valence electrons. The van der Waals surface area contributed by atoms with Crippen LogP contribution in [0, 0.1) is 0 Å². The third-order valence-electron chi connectivity index (χ3n) is 0.539. The smallest absolute Gasteiger partial charge is 0.323 e. The van der Waals surface area contributed by atoms with Gasteiger partial charge in [-0.05, 0) is 0 Å². The molecule has 4 nitrogen and oxygen atoms in total. The summed E-state index contributed by atoms with van der Waals surface area (Å²) in [6, 6.07) is -0.157. The third kappa shape index (κ3) is 1.85. The van der Waals surface area contributed by atoms with Crippen molar-refractivity contribution < 1.29 is 24.3 Å². The van der Waals surface area contributed by atoms with Gasteiger partial charge >= 0.3 is 6.03 Å². The maximum atomic E-state index is 9.96. The Morgan fingerprint density at radius 3 is 2.43 bits per heavy atom. The molecule has 0 spiro atoms. The molecule has 2 amide bonds. The van der Waals surface area contributed by atoms with Crippen LogP contribution in [0.15, 0.2) is 0 Å². The molecule has 1 rings (SSSR count). The Hall–Kier alpha value is -0.147. The molecular weight excluding hydrogens is 147 g/mol. The monoisotopic (exact) mass is 151 g/mol. The SMILES string of the molecule is O=C1NCNN1.[Zn]. The van der Waals surface area contributed by atoms with Crippen LogP contribution >= 0.6 is 0 Å². The summed E-state index contributed by atoms with van der Waals surface area (Å²) in [5.41, 5.74) is 4.88. The number of nitrogens with one attached hydrogen (secondary N) is 3. The minimum atomic E-state index is -0.157. The van der Waals surface area contributed by atoms with Crippen LogP contribution in [0.25, 0.3) is 0 Å². The Labute approximate surface area is 53.8 Å². The minimum Gasteiger partial charge on any atom is -0.323 e. The van der Waals surface area contributed by atoms with Gasteiger partial charge in [0, 0.05) is 19.5 Å². The van der Waals surface area contributed by atoms with E-state index in [2.05, 4.69) is 16.2 Å². The number of hydrazine groups is 1. The molecular formula is C2H5N3OZn. The van der Waals surface area contributed by atoms with E-state index >= 15 is 0 Å². The molecule has 1 aliphatic heterocycles. The molecule has 0 unspecified atom stereocenters. The first-order chi connectivity index (χ1) is 2.89. The third-order valence-corrected chi connectivity index (χ3v) is 0.539. The minimum absolute atomic E-state index is 0. The normalized spacial score (nSPS) is 16.9. The first kappa shape index (κ1) is 6.85. The number of urea groups is 1. The van der Waals surface area contributed by atoms with Gasteiger partial charge in [0.15, 0.2) is 0 Å². The van der Waals surface area contributed by atoms with Gasteiger partial charge < -0.3 is 5.32 Å². The molecule has 1 aliphatic rings. The van der Waals surface area contributed by atoms with Crippen LogP contribution in [0.3, 0.4) is 0 Å². The summed E-state index contributed by atoms with van der Waals surface area (Å²) in [6.45, 7) is 0.527. The van der Waals surface area contributed by atoms with E-state index in [9.17, 15) is 4.79 Å². The van der Waals surface area contributed by atoms with Gasteiger partial charge in [0.2, 0.25) is 0 Å². The zero-order valence-electron chi connectivity index (χ0n) is 3.82. The molecule has 0 aromatic rings. The summed E-state index contributed by atoms with van der Waals surface area (Å²) in [6.07, 6.45) is 0. The first-order valence-corrected chi connectivity index (χ1v) is 1.66. The van der Waals surface area contributed by atoms with Crippen molar-refractivity contribution in [3.05, 3.63) is 0 Å². The van der Waals surface area contributed by atoms with Crippen molar-refractivity contribution in [3.8, 4) is 0 Å². The van der Waals surface area contributed by atoms with Gasteiger partial charge in [-0.25, -0.2) is 10.2 Å². The summed E-state index contributed by atoms with van der Waals surface area (Å²) in [5, 5.41) is 2.46. The van der Waals surface area contributed by atoms with E-state index in [0.717, 1.165) is 0 Å². The number of hydrogen-bond acceptors (Lipinski definition) is 2. The van der Waals surface area contributed by atoms with Gasteiger partial charge in [-0.15, -0.1) is 0 Å². The topological polar surface area (TPSA) is 53.2 Å². The Balaban J connectivity index is 0.000000360. The predicted octanol–water partition coefficient (Wildman–Crippen LogP) is -1.24. The summed E-state index contributed by atoms with van der Waals surface area (Å²) < 4.78 is 0. The molecule has 0 aromatic carbocycles. The van der Waals surface area contributed by atoms with E-state index in [1.54, 1.807) is 0 Å². The second-order valence-corrected chi connectivity index (χ2v) is 0.984. The molecule has 0 aromatic heterocycles. The molecule has 0 aliphatic carbocycles. The van der Waals surface area contributed by atoms with Crippen molar-refractivity contribution in [1.29, 1.82) is 0 Å². The number of carbonyl (C=O) groups excluding carboxylic acids is 1. The predicted molar refractivity (Wildman–Crippen MR) is 19.7 cm³/mol. The van der Waals surface area contributed by atoms with Crippen molar-refractivity contribution in [1.82, 2.24) is 16.2 Å². The van der Waals surface area contributed by atoms with E-state index in [1.807, 2.05) is 0 Å². The molecule has 1 fully saturated rings. The summed E-state index contributed by atoms with van der Waals surface area (Å²) in [7, 11) is 0. The van der Waals surface area contributed by atoms with Crippen LogP contribution in [-0.4, -0.2) is 12.7 Å². The van der Waals surface area contributed by atoms with Gasteiger partial charge in [0.25, 0.3) is 0 Å². The fraction of sp³-hybridized carbons (Fsp3) is 0.500.